The minimum absolute atomic E-state index is 0.206. The number of benzene rings is 1. The fraction of sp³-hybridized carbons (Fsp3) is 0.389. The summed E-state index contributed by atoms with van der Waals surface area (Å²) in [5, 5.41) is 14.1. The van der Waals surface area contributed by atoms with Gasteiger partial charge in [-0.25, -0.2) is 0 Å². The zero-order valence-electron chi connectivity index (χ0n) is 14.4. The molecule has 0 saturated carbocycles. The zero-order chi connectivity index (χ0) is 17.5. The van der Waals surface area contributed by atoms with Crippen molar-refractivity contribution in [1.29, 1.82) is 0 Å². The summed E-state index contributed by atoms with van der Waals surface area (Å²) < 4.78 is 5.30. The molecule has 0 unspecified atom stereocenters. The molecule has 1 aliphatic heterocycles. The molecule has 2 heterocycles. The van der Waals surface area contributed by atoms with Crippen LogP contribution >= 0.6 is 0 Å². The highest BCUT2D eigenvalue weighted by Gasteiger charge is 2.12. The molecule has 1 aliphatic rings. The molecule has 1 aromatic carbocycles. The van der Waals surface area contributed by atoms with Crippen LogP contribution in [-0.4, -0.2) is 60.4 Å². The normalized spacial score (nSPS) is 14.9. The standard InChI is InChI=1S/C18H23N5O2/c1-14-2-4-15(5-3-14)20-17-7-6-16(21-22-17)18(24)19-8-9-23-10-12-25-13-11-23/h2-7H,8-13H2,1H3,(H,19,24)(H,20,22). The van der Waals surface area contributed by atoms with Crippen molar-refractivity contribution in [2.45, 2.75) is 6.92 Å². The molecule has 0 spiro atoms. The van der Waals surface area contributed by atoms with Gasteiger partial charge in [0.05, 0.1) is 13.2 Å². The fourth-order valence-electron chi connectivity index (χ4n) is 2.55. The van der Waals surface area contributed by atoms with Gasteiger partial charge in [-0.3, -0.25) is 9.69 Å². The van der Waals surface area contributed by atoms with Gasteiger partial charge in [-0.05, 0) is 31.2 Å². The van der Waals surface area contributed by atoms with E-state index in [1.807, 2.05) is 31.2 Å². The van der Waals surface area contributed by atoms with E-state index in [1.165, 1.54) is 5.56 Å². The topological polar surface area (TPSA) is 79.4 Å². The van der Waals surface area contributed by atoms with Crippen molar-refractivity contribution >= 4 is 17.4 Å². The van der Waals surface area contributed by atoms with Crippen LogP contribution in [0.5, 0.6) is 0 Å². The number of morpholine rings is 1. The highest BCUT2D eigenvalue weighted by atomic mass is 16.5. The first-order valence-corrected chi connectivity index (χ1v) is 8.46. The largest absolute Gasteiger partial charge is 0.379 e. The molecule has 1 aromatic heterocycles. The molecule has 2 aromatic rings. The molecule has 25 heavy (non-hydrogen) atoms. The van der Waals surface area contributed by atoms with E-state index in [4.69, 9.17) is 4.74 Å². The summed E-state index contributed by atoms with van der Waals surface area (Å²) in [6, 6.07) is 11.4. The van der Waals surface area contributed by atoms with E-state index in [-0.39, 0.29) is 5.91 Å². The van der Waals surface area contributed by atoms with Crippen molar-refractivity contribution in [3.63, 3.8) is 0 Å². The lowest BCUT2D eigenvalue weighted by atomic mass is 10.2. The molecule has 2 N–H and O–H groups in total. The van der Waals surface area contributed by atoms with Crippen molar-refractivity contribution in [1.82, 2.24) is 20.4 Å². The third-order valence-corrected chi connectivity index (χ3v) is 4.04. The molecule has 1 saturated heterocycles. The highest BCUT2D eigenvalue weighted by Crippen LogP contribution is 2.14. The lowest BCUT2D eigenvalue weighted by Crippen LogP contribution is -2.41. The van der Waals surface area contributed by atoms with Crippen LogP contribution in [0.15, 0.2) is 36.4 Å². The zero-order valence-corrected chi connectivity index (χ0v) is 14.4. The number of nitrogens with zero attached hydrogens (tertiary/aromatic N) is 3. The summed E-state index contributed by atoms with van der Waals surface area (Å²) in [4.78, 5) is 14.4. The van der Waals surface area contributed by atoms with Crippen LogP contribution in [0.25, 0.3) is 0 Å². The first kappa shape index (κ1) is 17.3. The monoisotopic (exact) mass is 341 g/mol. The molecule has 7 heteroatoms. The number of aromatic nitrogens is 2. The molecule has 0 atom stereocenters. The summed E-state index contributed by atoms with van der Waals surface area (Å²) in [5.41, 5.74) is 2.44. The Kier molecular flexibility index (Phi) is 5.92. The van der Waals surface area contributed by atoms with E-state index >= 15 is 0 Å². The molecule has 1 amide bonds. The van der Waals surface area contributed by atoms with E-state index in [0.29, 0.717) is 18.1 Å². The van der Waals surface area contributed by atoms with Crippen molar-refractivity contribution in [2.24, 2.45) is 0 Å². The van der Waals surface area contributed by atoms with Gasteiger partial charge in [0, 0.05) is 31.9 Å². The Hall–Kier alpha value is -2.51. The molecular weight excluding hydrogens is 318 g/mol. The van der Waals surface area contributed by atoms with Crippen LogP contribution in [0, 0.1) is 6.92 Å². The Morgan fingerprint density at radius 2 is 1.88 bits per heavy atom. The van der Waals surface area contributed by atoms with Gasteiger partial charge >= 0.3 is 0 Å². The molecule has 3 rings (SSSR count). The summed E-state index contributed by atoms with van der Waals surface area (Å²) >= 11 is 0. The number of rotatable bonds is 6. The highest BCUT2D eigenvalue weighted by molar-refractivity contribution is 5.92. The van der Waals surface area contributed by atoms with Crippen LogP contribution in [-0.2, 0) is 4.74 Å². The summed E-state index contributed by atoms with van der Waals surface area (Å²) in [6.07, 6.45) is 0. The number of hydrogen-bond donors (Lipinski definition) is 2. The van der Waals surface area contributed by atoms with Gasteiger partial charge in [0.25, 0.3) is 5.91 Å². The lowest BCUT2D eigenvalue weighted by Gasteiger charge is -2.26. The van der Waals surface area contributed by atoms with Gasteiger partial charge in [-0.15, -0.1) is 10.2 Å². The molecule has 7 nitrogen and oxygen atoms in total. The Morgan fingerprint density at radius 3 is 2.56 bits per heavy atom. The number of anilines is 2. The van der Waals surface area contributed by atoms with Crippen LogP contribution in [0.4, 0.5) is 11.5 Å². The van der Waals surface area contributed by atoms with Crippen LogP contribution in [0.1, 0.15) is 16.1 Å². The maximum Gasteiger partial charge on any atom is 0.271 e. The predicted octanol–water partition coefficient (Wildman–Crippen LogP) is 1.59. The van der Waals surface area contributed by atoms with Crippen LogP contribution in [0.2, 0.25) is 0 Å². The Bertz CT molecular complexity index is 682. The third-order valence-electron chi connectivity index (χ3n) is 4.04. The van der Waals surface area contributed by atoms with Gasteiger partial charge in [0.1, 0.15) is 0 Å². The third kappa shape index (κ3) is 5.23. The quantitative estimate of drug-likeness (QED) is 0.831. The van der Waals surface area contributed by atoms with Crippen molar-refractivity contribution in [2.75, 3.05) is 44.7 Å². The second kappa shape index (κ2) is 8.55. The number of carbonyl (C=O) groups is 1. The number of aryl methyl sites for hydroxylation is 1. The van der Waals surface area contributed by atoms with Crippen LogP contribution < -0.4 is 10.6 Å². The Balaban J connectivity index is 1.47. The van der Waals surface area contributed by atoms with Gasteiger partial charge in [0.2, 0.25) is 0 Å². The summed E-state index contributed by atoms with van der Waals surface area (Å²) in [5.74, 6) is 0.399. The van der Waals surface area contributed by atoms with Crippen molar-refractivity contribution < 1.29 is 9.53 Å². The van der Waals surface area contributed by atoms with Gasteiger partial charge in [0.15, 0.2) is 11.5 Å². The molecule has 0 aliphatic carbocycles. The number of carbonyl (C=O) groups excluding carboxylic acids is 1. The fourth-order valence-corrected chi connectivity index (χ4v) is 2.55. The summed E-state index contributed by atoms with van der Waals surface area (Å²) in [6.45, 7) is 6.78. The average Bonchev–Trinajstić information content (AvgIpc) is 2.65. The smallest absolute Gasteiger partial charge is 0.271 e. The maximum atomic E-state index is 12.1. The molecule has 132 valence electrons. The lowest BCUT2D eigenvalue weighted by molar-refractivity contribution is 0.0383. The molecule has 0 radical (unpaired) electrons. The van der Waals surface area contributed by atoms with E-state index in [2.05, 4.69) is 25.7 Å². The minimum Gasteiger partial charge on any atom is -0.379 e. The molecule has 1 fully saturated rings. The van der Waals surface area contributed by atoms with E-state index in [0.717, 1.165) is 38.5 Å². The molecule has 0 bridgehead atoms. The second-order valence-electron chi connectivity index (χ2n) is 6.00. The predicted molar refractivity (Wildman–Crippen MR) is 96.1 cm³/mol. The first-order valence-electron chi connectivity index (χ1n) is 8.46. The minimum atomic E-state index is -0.206. The summed E-state index contributed by atoms with van der Waals surface area (Å²) in [7, 11) is 0. The van der Waals surface area contributed by atoms with Crippen molar-refractivity contribution in [3.8, 4) is 0 Å². The number of hydrogen-bond acceptors (Lipinski definition) is 6. The van der Waals surface area contributed by atoms with Crippen LogP contribution in [0.3, 0.4) is 0 Å². The van der Waals surface area contributed by atoms with Gasteiger partial charge in [-0.1, -0.05) is 17.7 Å². The van der Waals surface area contributed by atoms with Gasteiger partial charge < -0.3 is 15.4 Å². The van der Waals surface area contributed by atoms with Crippen molar-refractivity contribution in [3.05, 3.63) is 47.7 Å². The SMILES string of the molecule is Cc1ccc(Nc2ccc(C(=O)NCCN3CCOCC3)nn2)cc1. The maximum absolute atomic E-state index is 12.1. The number of nitrogens with one attached hydrogen (secondary N) is 2. The first-order chi connectivity index (χ1) is 12.2. The van der Waals surface area contributed by atoms with E-state index < -0.39 is 0 Å². The second-order valence-corrected chi connectivity index (χ2v) is 6.00. The van der Waals surface area contributed by atoms with E-state index in [1.54, 1.807) is 12.1 Å². The number of ether oxygens (including phenoxy) is 1. The van der Waals surface area contributed by atoms with Gasteiger partial charge in [-0.2, -0.15) is 0 Å². The Labute approximate surface area is 147 Å². The average molecular weight is 341 g/mol. The Morgan fingerprint density at radius 1 is 1.12 bits per heavy atom. The number of amides is 1. The van der Waals surface area contributed by atoms with E-state index in [9.17, 15) is 4.79 Å². The molecular formula is C18H23N5O2.